The van der Waals surface area contributed by atoms with E-state index in [1.165, 1.54) is 12.3 Å². The first-order valence-electron chi connectivity index (χ1n) is 9.70. The molecule has 29 heavy (non-hydrogen) atoms. The van der Waals surface area contributed by atoms with Crippen LogP contribution in [-0.2, 0) is 0 Å². The van der Waals surface area contributed by atoms with E-state index in [0.29, 0.717) is 11.4 Å². The number of nitrogens with two attached hydrogens (primary N) is 1. The van der Waals surface area contributed by atoms with Gasteiger partial charge in [0.1, 0.15) is 5.82 Å². The Hall–Kier alpha value is -3.34. The number of hydrogen-bond donors (Lipinski definition) is 3. The van der Waals surface area contributed by atoms with Crippen molar-refractivity contribution in [3.05, 3.63) is 88.5 Å². The maximum Gasteiger partial charge on any atom is 0.126 e. The van der Waals surface area contributed by atoms with Gasteiger partial charge in [0.05, 0.1) is 11.5 Å². The van der Waals surface area contributed by atoms with Gasteiger partial charge < -0.3 is 21.4 Å². The molecule has 2 aromatic rings. The smallest absolute Gasteiger partial charge is 0.126 e. The van der Waals surface area contributed by atoms with E-state index in [1.54, 1.807) is 6.92 Å². The number of benzene rings is 2. The molecule has 0 saturated heterocycles. The molecule has 4 N–H and O–H groups in total. The zero-order chi connectivity index (χ0) is 21.0. The van der Waals surface area contributed by atoms with E-state index in [0.717, 1.165) is 46.6 Å². The Morgan fingerprint density at radius 2 is 2.00 bits per heavy atom. The predicted molar refractivity (Wildman–Crippen MR) is 120 cm³/mol. The highest BCUT2D eigenvalue weighted by Gasteiger charge is 2.18. The number of allylic oxidation sites excluding steroid dienone is 3. The normalized spacial score (nSPS) is 14.3. The number of halogens is 1. The molecule has 0 unspecified atom stereocenters. The molecule has 1 aliphatic heterocycles. The maximum absolute atomic E-state index is 13.8. The molecular weight excluding hydrogens is 363 g/mol. The molecule has 2 aromatic carbocycles. The first kappa shape index (κ1) is 20.4. The van der Waals surface area contributed by atoms with Crippen molar-refractivity contribution in [1.82, 2.24) is 4.90 Å². The van der Waals surface area contributed by atoms with Crippen LogP contribution < -0.4 is 11.1 Å². The molecule has 0 bridgehead atoms. The van der Waals surface area contributed by atoms with E-state index in [1.807, 2.05) is 50.4 Å². The average molecular weight is 391 g/mol. The van der Waals surface area contributed by atoms with Crippen LogP contribution in [0.25, 0.3) is 11.3 Å². The number of nitrogens with one attached hydrogen (secondary N) is 2. The minimum atomic E-state index is -0.204. The van der Waals surface area contributed by atoms with Crippen LogP contribution in [0.1, 0.15) is 35.6 Å². The lowest BCUT2D eigenvalue weighted by atomic mass is 9.94. The molecule has 0 aromatic heterocycles. The summed E-state index contributed by atoms with van der Waals surface area (Å²) in [6.07, 6.45) is 8.26. The van der Waals surface area contributed by atoms with Crippen molar-refractivity contribution in [2.45, 2.75) is 20.3 Å². The van der Waals surface area contributed by atoms with E-state index >= 15 is 0 Å². The van der Waals surface area contributed by atoms with Crippen molar-refractivity contribution in [2.24, 2.45) is 5.73 Å². The molecule has 0 radical (unpaired) electrons. The molecule has 0 fully saturated rings. The lowest BCUT2D eigenvalue weighted by Crippen LogP contribution is -2.21. The van der Waals surface area contributed by atoms with E-state index in [-0.39, 0.29) is 5.82 Å². The lowest BCUT2D eigenvalue weighted by Gasteiger charge is -2.28. The number of nitrogens with zero attached hydrogens (tertiary/aromatic N) is 1. The Kier molecular flexibility index (Phi) is 6.17. The monoisotopic (exact) mass is 390 g/mol. The first-order valence-corrected chi connectivity index (χ1v) is 9.70. The summed E-state index contributed by atoms with van der Waals surface area (Å²) in [5.41, 5.74) is 12.2. The summed E-state index contributed by atoms with van der Waals surface area (Å²) in [7, 11) is 2.03. The highest BCUT2D eigenvalue weighted by atomic mass is 19.1. The summed E-state index contributed by atoms with van der Waals surface area (Å²) >= 11 is 0. The summed E-state index contributed by atoms with van der Waals surface area (Å²) < 4.78 is 13.8. The van der Waals surface area contributed by atoms with Gasteiger partial charge in [-0.15, -0.1) is 0 Å². The third-order valence-corrected chi connectivity index (χ3v) is 4.95. The fourth-order valence-electron chi connectivity index (χ4n) is 3.50. The maximum atomic E-state index is 13.8. The van der Waals surface area contributed by atoms with Crippen LogP contribution >= 0.6 is 0 Å². The van der Waals surface area contributed by atoms with Crippen LogP contribution in [0.5, 0.6) is 0 Å². The van der Waals surface area contributed by atoms with Crippen LogP contribution in [0.4, 0.5) is 10.1 Å². The summed E-state index contributed by atoms with van der Waals surface area (Å²) in [6.45, 7) is 4.58. The zero-order valence-electron chi connectivity index (χ0n) is 17.1. The standard InChI is InChI=1S/C24H27FN4/c1-4-6-23(27)28-22-11-9-17(14-19(22)15-26)20-7-5-12-29(3)24(20)18-8-10-21(25)16(2)13-18/h5-11,13-15,26,28H,4,12,27H2,1-3H3/b23-6+,26-15?. The lowest BCUT2D eigenvalue weighted by molar-refractivity contribution is 0.533. The van der Waals surface area contributed by atoms with Crippen LogP contribution in [0.3, 0.4) is 0 Å². The van der Waals surface area contributed by atoms with Gasteiger partial charge in [-0.3, -0.25) is 0 Å². The molecule has 0 saturated carbocycles. The zero-order valence-corrected chi connectivity index (χ0v) is 17.1. The van der Waals surface area contributed by atoms with Crippen LogP contribution in [-0.4, -0.2) is 24.7 Å². The van der Waals surface area contributed by atoms with Gasteiger partial charge in [-0.05, 0) is 66.4 Å². The molecular formula is C24H27FN4. The van der Waals surface area contributed by atoms with Crippen molar-refractivity contribution in [1.29, 1.82) is 5.41 Å². The van der Waals surface area contributed by atoms with Crippen molar-refractivity contribution < 1.29 is 4.39 Å². The number of hydrogen-bond acceptors (Lipinski definition) is 4. The minimum Gasteiger partial charge on any atom is -0.386 e. The third-order valence-electron chi connectivity index (χ3n) is 4.95. The van der Waals surface area contributed by atoms with Crippen molar-refractivity contribution in [3.8, 4) is 0 Å². The van der Waals surface area contributed by atoms with Gasteiger partial charge in [-0.2, -0.15) is 0 Å². The van der Waals surface area contributed by atoms with Gasteiger partial charge >= 0.3 is 0 Å². The third kappa shape index (κ3) is 4.40. The molecule has 0 aliphatic carbocycles. The largest absolute Gasteiger partial charge is 0.386 e. The number of anilines is 1. The second kappa shape index (κ2) is 8.78. The Morgan fingerprint density at radius 3 is 2.69 bits per heavy atom. The molecule has 0 atom stereocenters. The van der Waals surface area contributed by atoms with E-state index < -0.39 is 0 Å². The predicted octanol–water partition coefficient (Wildman–Crippen LogP) is 5.12. The Morgan fingerprint density at radius 1 is 1.24 bits per heavy atom. The molecule has 1 heterocycles. The summed E-state index contributed by atoms with van der Waals surface area (Å²) in [5, 5.41) is 11.0. The molecule has 1 aliphatic rings. The topological polar surface area (TPSA) is 65.1 Å². The summed E-state index contributed by atoms with van der Waals surface area (Å²) in [6, 6.07) is 11.1. The molecule has 0 spiro atoms. The van der Waals surface area contributed by atoms with Gasteiger partial charge in [0.15, 0.2) is 0 Å². The van der Waals surface area contributed by atoms with Crippen molar-refractivity contribution in [2.75, 3.05) is 18.9 Å². The second-order valence-corrected chi connectivity index (χ2v) is 7.15. The number of rotatable bonds is 6. The summed E-state index contributed by atoms with van der Waals surface area (Å²) in [5.74, 6) is 0.367. The molecule has 150 valence electrons. The first-order chi connectivity index (χ1) is 13.9. The summed E-state index contributed by atoms with van der Waals surface area (Å²) in [4.78, 5) is 2.15. The van der Waals surface area contributed by atoms with Crippen LogP contribution in [0.2, 0.25) is 0 Å². The molecule has 5 heteroatoms. The molecule has 0 amide bonds. The number of likely N-dealkylation sites (N-methyl/N-ethyl adjacent to an activating group) is 1. The van der Waals surface area contributed by atoms with E-state index in [2.05, 4.69) is 22.4 Å². The average Bonchev–Trinajstić information content (AvgIpc) is 2.70. The quantitative estimate of drug-likeness (QED) is 0.600. The molecule has 4 nitrogen and oxygen atoms in total. The number of aryl methyl sites for hydroxylation is 1. The van der Waals surface area contributed by atoms with Crippen LogP contribution in [0, 0.1) is 18.2 Å². The van der Waals surface area contributed by atoms with Gasteiger partial charge in [0.2, 0.25) is 0 Å². The minimum absolute atomic E-state index is 0.204. The Labute approximate surface area is 171 Å². The fourth-order valence-corrected chi connectivity index (χ4v) is 3.50. The van der Waals surface area contributed by atoms with E-state index in [9.17, 15) is 4.39 Å². The van der Waals surface area contributed by atoms with Crippen molar-refractivity contribution in [3.63, 3.8) is 0 Å². The molecule has 3 rings (SSSR count). The van der Waals surface area contributed by atoms with Crippen LogP contribution in [0.15, 0.2) is 60.4 Å². The Balaban J connectivity index is 2.10. The van der Waals surface area contributed by atoms with Gasteiger partial charge in [-0.25, -0.2) is 4.39 Å². The second-order valence-electron chi connectivity index (χ2n) is 7.15. The van der Waals surface area contributed by atoms with Gasteiger partial charge in [-0.1, -0.05) is 25.1 Å². The highest BCUT2D eigenvalue weighted by Crippen LogP contribution is 2.34. The van der Waals surface area contributed by atoms with E-state index in [4.69, 9.17) is 11.1 Å². The Bertz CT molecular complexity index is 1020. The van der Waals surface area contributed by atoms with Crippen molar-refractivity contribution >= 4 is 23.2 Å². The highest BCUT2D eigenvalue weighted by molar-refractivity contribution is 5.98. The fraction of sp³-hybridized carbons (Fsp3) is 0.208. The van der Waals surface area contributed by atoms with Gasteiger partial charge in [0.25, 0.3) is 0 Å². The van der Waals surface area contributed by atoms with Gasteiger partial charge in [0, 0.05) is 36.6 Å². The SMILES string of the molecule is CC/C=C(\N)Nc1ccc(C2=C(c3ccc(F)c(C)c3)N(C)CC=C2)cc1C=N.